The predicted molar refractivity (Wildman–Crippen MR) is 142 cm³/mol. The number of aromatic amines is 1. The van der Waals surface area contributed by atoms with Gasteiger partial charge in [-0.3, -0.25) is 9.59 Å². The number of fused-ring (bicyclic) bond motifs is 1. The van der Waals surface area contributed by atoms with E-state index < -0.39 is 17.9 Å². The first-order chi connectivity index (χ1) is 17.9. The third kappa shape index (κ3) is 6.02. The van der Waals surface area contributed by atoms with Crippen LogP contribution in [0.3, 0.4) is 0 Å². The second kappa shape index (κ2) is 11.5. The Kier molecular flexibility index (Phi) is 7.96. The summed E-state index contributed by atoms with van der Waals surface area (Å²) in [5, 5.41) is 16.4. The highest BCUT2D eigenvalue weighted by Gasteiger charge is 2.28. The second-order valence-corrected chi connectivity index (χ2v) is 8.90. The Morgan fingerprint density at radius 1 is 1.05 bits per heavy atom. The van der Waals surface area contributed by atoms with E-state index in [2.05, 4.69) is 16.5 Å². The zero-order valence-corrected chi connectivity index (χ0v) is 21.2. The van der Waals surface area contributed by atoms with Crippen molar-refractivity contribution in [3.8, 4) is 11.9 Å². The van der Waals surface area contributed by atoms with Crippen LogP contribution >= 0.6 is 11.6 Å². The number of carbonyl (C=O) groups is 2. The normalized spacial score (nSPS) is 11.4. The van der Waals surface area contributed by atoms with Gasteiger partial charge < -0.3 is 15.0 Å². The summed E-state index contributed by atoms with van der Waals surface area (Å²) < 4.78 is 5.39. The third-order valence-electron chi connectivity index (χ3n) is 6.02. The number of aromatic nitrogens is 1. The summed E-state index contributed by atoms with van der Waals surface area (Å²) >= 11 is 5.96. The smallest absolute Gasteiger partial charge is 0.268 e. The SMILES string of the molecule is COc1cccc2[nH]c(C(=O)N[C@@H](Cc3ccccc3)C(=O)N(C)N(C#N)Cc3ccc(Cl)cc3)cc12. The number of hydrogen-bond acceptors (Lipinski definition) is 5. The molecule has 1 heterocycles. The monoisotopic (exact) mass is 515 g/mol. The molecule has 2 N–H and O–H groups in total. The van der Waals surface area contributed by atoms with Gasteiger partial charge in [0.25, 0.3) is 11.8 Å². The number of rotatable bonds is 9. The quantitative estimate of drug-likeness (QED) is 0.194. The number of nitrogens with one attached hydrogen (secondary N) is 2. The first-order valence-electron chi connectivity index (χ1n) is 11.6. The maximum Gasteiger partial charge on any atom is 0.268 e. The molecule has 0 saturated carbocycles. The molecular weight excluding hydrogens is 490 g/mol. The number of methoxy groups -OCH3 is 1. The number of likely N-dealkylation sites (N-methyl/N-ethyl adjacent to an activating group) is 1. The number of hydrazine groups is 1. The molecule has 1 aromatic heterocycles. The standard InChI is InChI=1S/C28H26ClN5O3/c1-33(34(18-30)17-20-11-13-21(29)14-12-20)28(36)25(15-19-7-4-3-5-8-19)32-27(35)24-16-22-23(31-24)9-6-10-26(22)37-2/h3-14,16,25,31H,15,17H2,1-2H3,(H,32,35)/t25-/m0/s1. The molecule has 0 aliphatic heterocycles. The molecule has 0 bridgehead atoms. The van der Waals surface area contributed by atoms with Crippen LogP contribution in [-0.4, -0.2) is 47.0 Å². The lowest BCUT2D eigenvalue weighted by molar-refractivity contribution is -0.143. The summed E-state index contributed by atoms with van der Waals surface area (Å²) in [7, 11) is 3.08. The Morgan fingerprint density at radius 3 is 2.46 bits per heavy atom. The molecular formula is C28H26ClN5O3. The lowest BCUT2D eigenvalue weighted by atomic mass is 10.0. The molecule has 4 aromatic rings. The number of hydrogen-bond donors (Lipinski definition) is 2. The van der Waals surface area contributed by atoms with Crippen LogP contribution in [0.5, 0.6) is 5.75 Å². The average Bonchev–Trinajstić information content (AvgIpc) is 3.37. The molecule has 0 aliphatic rings. The maximum atomic E-state index is 13.6. The minimum atomic E-state index is -0.922. The van der Waals surface area contributed by atoms with Gasteiger partial charge in [0, 0.05) is 29.4 Å². The first-order valence-corrected chi connectivity index (χ1v) is 12.0. The summed E-state index contributed by atoms with van der Waals surface area (Å²) in [6.45, 7) is 0.170. The topological polar surface area (TPSA) is 101 Å². The lowest BCUT2D eigenvalue weighted by Crippen LogP contribution is -2.52. The van der Waals surface area contributed by atoms with Gasteiger partial charge in [-0.1, -0.05) is 60.1 Å². The van der Waals surface area contributed by atoms with Gasteiger partial charge in [-0.15, -0.1) is 0 Å². The summed E-state index contributed by atoms with van der Waals surface area (Å²) in [5.41, 5.74) is 2.72. The third-order valence-corrected chi connectivity index (χ3v) is 6.27. The van der Waals surface area contributed by atoms with Crippen molar-refractivity contribution in [2.75, 3.05) is 14.2 Å². The van der Waals surface area contributed by atoms with Gasteiger partial charge in [0.05, 0.1) is 13.7 Å². The first kappa shape index (κ1) is 25.6. The minimum Gasteiger partial charge on any atom is -0.496 e. The number of nitriles is 1. The molecule has 4 rings (SSSR count). The van der Waals surface area contributed by atoms with Crippen molar-refractivity contribution in [3.63, 3.8) is 0 Å². The van der Waals surface area contributed by atoms with E-state index >= 15 is 0 Å². The zero-order valence-electron chi connectivity index (χ0n) is 20.4. The maximum absolute atomic E-state index is 13.6. The number of halogens is 1. The van der Waals surface area contributed by atoms with Crippen LogP contribution in [0, 0.1) is 11.5 Å². The van der Waals surface area contributed by atoms with Gasteiger partial charge in [-0.2, -0.15) is 5.26 Å². The van der Waals surface area contributed by atoms with Gasteiger partial charge in [0.15, 0.2) is 6.19 Å². The Balaban J connectivity index is 1.57. The Bertz CT molecular complexity index is 1430. The number of H-pyrrole nitrogens is 1. The molecule has 0 spiro atoms. The van der Waals surface area contributed by atoms with Crippen LogP contribution in [0.1, 0.15) is 21.6 Å². The fraction of sp³-hybridized carbons (Fsp3) is 0.179. The van der Waals surface area contributed by atoms with Crippen molar-refractivity contribution >= 4 is 34.3 Å². The molecule has 0 radical (unpaired) electrons. The van der Waals surface area contributed by atoms with Crippen molar-refractivity contribution < 1.29 is 14.3 Å². The van der Waals surface area contributed by atoms with Crippen LogP contribution in [0.15, 0.2) is 78.9 Å². The van der Waals surface area contributed by atoms with E-state index in [1.807, 2.05) is 48.5 Å². The van der Waals surface area contributed by atoms with Crippen molar-refractivity contribution in [3.05, 3.63) is 101 Å². The Labute approximate surface area is 220 Å². The Morgan fingerprint density at radius 2 is 1.78 bits per heavy atom. The summed E-state index contributed by atoms with van der Waals surface area (Å²) in [5.74, 6) is -0.236. The molecule has 37 heavy (non-hydrogen) atoms. The lowest BCUT2D eigenvalue weighted by Gasteiger charge is -2.30. The van der Waals surface area contributed by atoms with Crippen LogP contribution in [-0.2, 0) is 17.8 Å². The van der Waals surface area contributed by atoms with Gasteiger partial charge >= 0.3 is 0 Å². The van der Waals surface area contributed by atoms with Crippen LogP contribution in [0.2, 0.25) is 5.02 Å². The predicted octanol–water partition coefficient (Wildman–Crippen LogP) is 4.53. The molecule has 2 amide bonds. The molecule has 0 unspecified atom stereocenters. The van der Waals surface area contributed by atoms with E-state index in [4.69, 9.17) is 16.3 Å². The zero-order chi connectivity index (χ0) is 26.4. The second-order valence-electron chi connectivity index (χ2n) is 8.47. The van der Waals surface area contributed by atoms with Crippen LogP contribution in [0.4, 0.5) is 0 Å². The van der Waals surface area contributed by atoms with Gasteiger partial charge in [-0.05, 0) is 41.5 Å². The average molecular weight is 516 g/mol. The highest BCUT2D eigenvalue weighted by Crippen LogP contribution is 2.26. The highest BCUT2D eigenvalue weighted by atomic mass is 35.5. The van der Waals surface area contributed by atoms with Crippen LogP contribution < -0.4 is 10.1 Å². The van der Waals surface area contributed by atoms with Gasteiger partial charge in [0.2, 0.25) is 0 Å². The van der Waals surface area contributed by atoms with E-state index in [0.29, 0.717) is 16.5 Å². The molecule has 9 heteroatoms. The van der Waals surface area contributed by atoms with Crippen molar-refractivity contribution in [1.82, 2.24) is 20.3 Å². The molecule has 188 valence electrons. The molecule has 8 nitrogen and oxygen atoms in total. The number of amides is 2. The fourth-order valence-corrected chi connectivity index (χ4v) is 4.16. The largest absolute Gasteiger partial charge is 0.496 e. The molecule has 1 atom stereocenters. The van der Waals surface area contributed by atoms with Crippen molar-refractivity contribution in [1.29, 1.82) is 5.26 Å². The minimum absolute atomic E-state index is 0.170. The Hall–Kier alpha value is -4.48. The number of carbonyl (C=O) groups excluding carboxylic acids is 2. The van der Waals surface area contributed by atoms with E-state index in [9.17, 15) is 14.9 Å². The fourth-order valence-electron chi connectivity index (χ4n) is 4.03. The number of ether oxygens (including phenoxy) is 1. The molecule has 0 aliphatic carbocycles. The van der Waals surface area contributed by atoms with E-state index in [-0.39, 0.29) is 13.0 Å². The van der Waals surface area contributed by atoms with E-state index in [0.717, 1.165) is 22.0 Å². The molecule has 0 fully saturated rings. The number of nitrogens with zero attached hydrogens (tertiary/aromatic N) is 3. The van der Waals surface area contributed by atoms with E-state index in [1.165, 1.54) is 17.1 Å². The van der Waals surface area contributed by atoms with Gasteiger partial charge in [0.1, 0.15) is 17.5 Å². The van der Waals surface area contributed by atoms with E-state index in [1.54, 1.807) is 37.4 Å². The summed E-state index contributed by atoms with van der Waals surface area (Å²) in [4.78, 5) is 29.9. The van der Waals surface area contributed by atoms with Crippen molar-refractivity contribution in [2.24, 2.45) is 0 Å². The van der Waals surface area contributed by atoms with Crippen molar-refractivity contribution in [2.45, 2.75) is 19.0 Å². The van der Waals surface area contributed by atoms with Crippen LogP contribution in [0.25, 0.3) is 10.9 Å². The number of benzene rings is 3. The summed E-state index contributed by atoms with van der Waals surface area (Å²) in [6.07, 6.45) is 2.30. The van der Waals surface area contributed by atoms with Gasteiger partial charge in [-0.25, -0.2) is 10.0 Å². The summed E-state index contributed by atoms with van der Waals surface area (Å²) in [6, 6.07) is 22.7. The molecule has 0 saturated heterocycles. The highest BCUT2D eigenvalue weighted by molar-refractivity contribution is 6.30. The molecule has 3 aromatic carbocycles.